The normalized spacial score (nSPS) is 10.1. The fourth-order valence-electron chi connectivity index (χ4n) is 1.17. The second-order valence-corrected chi connectivity index (χ2v) is 4.15. The van der Waals surface area contributed by atoms with Crippen molar-refractivity contribution in [1.82, 2.24) is 9.97 Å². The van der Waals surface area contributed by atoms with Crippen LogP contribution >= 0.6 is 23.2 Å². The summed E-state index contributed by atoms with van der Waals surface area (Å²) in [6, 6.07) is 4.86. The zero-order valence-corrected chi connectivity index (χ0v) is 10.5. The van der Waals surface area contributed by atoms with Crippen molar-refractivity contribution in [2.75, 3.05) is 0 Å². The molecule has 0 atom stereocenters. The summed E-state index contributed by atoms with van der Waals surface area (Å²) in [5.41, 5.74) is 5.55. The van der Waals surface area contributed by atoms with Crippen LogP contribution in [-0.2, 0) is 0 Å². The predicted molar refractivity (Wildman–Crippen MR) is 69.6 cm³/mol. The van der Waals surface area contributed by atoms with Gasteiger partial charge in [-0.1, -0.05) is 23.2 Å². The zero-order valence-electron chi connectivity index (χ0n) is 9.02. The van der Waals surface area contributed by atoms with Gasteiger partial charge in [-0.15, -0.1) is 0 Å². The maximum Gasteiger partial charge on any atom is 0.237 e. The molecule has 18 heavy (non-hydrogen) atoms. The summed E-state index contributed by atoms with van der Waals surface area (Å²) in [4.78, 5) is 7.88. The molecule has 0 amide bonds. The van der Waals surface area contributed by atoms with E-state index in [0.29, 0.717) is 15.8 Å². The Kier molecular flexibility index (Phi) is 3.64. The highest BCUT2D eigenvalue weighted by molar-refractivity contribution is 6.42. The summed E-state index contributed by atoms with van der Waals surface area (Å²) in [7, 11) is 0. The van der Waals surface area contributed by atoms with Gasteiger partial charge >= 0.3 is 0 Å². The molecule has 5 nitrogen and oxygen atoms in total. The molecular formula is C11H8Cl2N4O. The topological polar surface area (TPSA) is 84.9 Å². The highest BCUT2D eigenvalue weighted by Crippen LogP contribution is 2.28. The number of benzene rings is 1. The molecule has 0 aliphatic carbocycles. The van der Waals surface area contributed by atoms with Gasteiger partial charge in [-0.25, -0.2) is 9.97 Å². The van der Waals surface area contributed by atoms with E-state index < -0.39 is 0 Å². The molecule has 2 aromatic rings. The number of halogens is 2. The predicted octanol–water partition coefficient (Wildman–Crippen LogP) is 2.86. The minimum absolute atomic E-state index is 0.149. The lowest BCUT2D eigenvalue weighted by Gasteiger charge is -2.05. The molecule has 0 radical (unpaired) electrons. The minimum Gasteiger partial charge on any atom is -0.437 e. The SMILES string of the molecule is N=C(N)c1cnc(Oc2ccc(Cl)c(Cl)c2)cn1. The number of hydrogen-bond acceptors (Lipinski definition) is 4. The van der Waals surface area contributed by atoms with Gasteiger partial charge in [0.1, 0.15) is 17.3 Å². The number of nitrogen functional groups attached to an aromatic ring is 1. The van der Waals surface area contributed by atoms with Gasteiger partial charge < -0.3 is 10.5 Å². The van der Waals surface area contributed by atoms with Crippen molar-refractivity contribution in [2.24, 2.45) is 5.73 Å². The van der Waals surface area contributed by atoms with Gasteiger partial charge in [-0.05, 0) is 12.1 Å². The Morgan fingerprint density at radius 3 is 2.50 bits per heavy atom. The maximum absolute atomic E-state index is 7.18. The van der Waals surface area contributed by atoms with Crippen LogP contribution in [-0.4, -0.2) is 15.8 Å². The second kappa shape index (κ2) is 5.20. The van der Waals surface area contributed by atoms with Crippen LogP contribution in [0.25, 0.3) is 0 Å². The van der Waals surface area contributed by atoms with Crippen molar-refractivity contribution in [3.63, 3.8) is 0 Å². The average molecular weight is 283 g/mol. The van der Waals surface area contributed by atoms with Crippen LogP contribution in [0.15, 0.2) is 30.6 Å². The van der Waals surface area contributed by atoms with E-state index in [1.54, 1.807) is 18.2 Å². The summed E-state index contributed by atoms with van der Waals surface area (Å²) in [6.45, 7) is 0. The van der Waals surface area contributed by atoms with Crippen molar-refractivity contribution in [1.29, 1.82) is 5.41 Å². The molecule has 0 saturated carbocycles. The fraction of sp³-hybridized carbons (Fsp3) is 0. The van der Waals surface area contributed by atoms with E-state index in [4.69, 9.17) is 39.1 Å². The van der Waals surface area contributed by atoms with Gasteiger partial charge in [-0.3, -0.25) is 5.41 Å². The third-order valence-electron chi connectivity index (χ3n) is 2.02. The zero-order chi connectivity index (χ0) is 13.1. The first-order chi connectivity index (χ1) is 8.56. The quantitative estimate of drug-likeness (QED) is 0.670. The number of aromatic nitrogens is 2. The van der Waals surface area contributed by atoms with E-state index in [2.05, 4.69) is 9.97 Å². The van der Waals surface area contributed by atoms with E-state index in [1.807, 2.05) is 0 Å². The van der Waals surface area contributed by atoms with Crippen molar-refractivity contribution in [3.8, 4) is 11.6 Å². The van der Waals surface area contributed by atoms with Crippen LogP contribution in [0.5, 0.6) is 11.6 Å². The van der Waals surface area contributed by atoms with Gasteiger partial charge in [0.05, 0.1) is 22.4 Å². The first kappa shape index (κ1) is 12.6. The maximum atomic E-state index is 7.18. The summed E-state index contributed by atoms with van der Waals surface area (Å²) in [5, 5.41) is 8.02. The van der Waals surface area contributed by atoms with E-state index in [9.17, 15) is 0 Å². The van der Waals surface area contributed by atoms with Crippen LogP contribution in [0.1, 0.15) is 5.69 Å². The molecule has 2 rings (SSSR count). The molecule has 0 saturated heterocycles. The van der Waals surface area contributed by atoms with Gasteiger partial charge in [0.15, 0.2) is 0 Å². The summed E-state index contributed by atoms with van der Waals surface area (Å²) < 4.78 is 5.42. The van der Waals surface area contributed by atoms with Crippen molar-refractivity contribution < 1.29 is 4.74 Å². The summed E-state index contributed by atoms with van der Waals surface area (Å²) in [6.07, 6.45) is 2.73. The highest BCUT2D eigenvalue weighted by atomic mass is 35.5. The molecule has 1 heterocycles. The average Bonchev–Trinajstić information content (AvgIpc) is 2.34. The smallest absolute Gasteiger partial charge is 0.237 e. The van der Waals surface area contributed by atoms with E-state index in [0.717, 1.165) is 0 Å². The van der Waals surface area contributed by atoms with Crippen LogP contribution in [0.4, 0.5) is 0 Å². The number of nitrogens with zero attached hydrogens (tertiary/aromatic N) is 2. The lowest BCUT2D eigenvalue weighted by Crippen LogP contribution is -2.13. The molecule has 0 fully saturated rings. The number of ether oxygens (including phenoxy) is 1. The number of rotatable bonds is 3. The Labute approximate surface area is 113 Å². The second-order valence-electron chi connectivity index (χ2n) is 3.33. The third kappa shape index (κ3) is 2.88. The van der Waals surface area contributed by atoms with Crippen LogP contribution in [0.3, 0.4) is 0 Å². The molecule has 0 aliphatic heterocycles. The van der Waals surface area contributed by atoms with Gasteiger partial charge in [0.25, 0.3) is 0 Å². The molecule has 0 unspecified atom stereocenters. The lowest BCUT2D eigenvalue weighted by molar-refractivity contribution is 0.460. The third-order valence-corrected chi connectivity index (χ3v) is 2.76. The Bertz CT molecular complexity index is 586. The molecule has 1 aromatic carbocycles. The van der Waals surface area contributed by atoms with Gasteiger partial charge in [0, 0.05) is 6.07 Å². The van der Waals surface area contributed by atoms with Crippen molar-refractivity contribution in [2.45, 2.75) is 0 Å². The molecule has 1 aromatic heterocycles. The first-order valence-electron chi connectivity index (χ1n) is 4.85. The number of nitrogens with one attached hydrogen (secondary N) is 1. The fourth-order valence-corrected chi connectivity index (χ4v) is 1.46. The Morgan fingerprint density at radius 1 is 1.17 bits per heavy atom. The van der Waals surface area contributed by atoms with E-state index in [1.165, 1.54) is 12.4 Å². The molecule has 0 aliphatic rings. The van der Waals surface area contributed by atoms with Crippen molar-refractivity contribution >= 4 is 29.0 Å². The Morgan fingerprint density at radius 2 is 1.94 bits per heavy atom. The monoisotopic (exact) mass is 282 g/mol. The van der Waals surface area contributed by atoms with Gasteiger partial charge in [0.2, 0.25) is 5.88 Å². The summed E-state index contributed by atoms with van der Waals surface area (Å²) >= 11 is 11.6. The summed E-state index contributed by atoms with van der Waals surface area (Å²) in [5.74, 6) is 0.622. The molecule has 0 spiro atoms. The molecule has 3 N–H and O–H groups in total. The van der Waals surface area contributed by atoms with Crippen molar-refractivity contribution in [3.05, 3.63) is 46.3 Å². The van der Waals surface area contributed by atoms with Gasteiger partial charge in [-0.2, -0.15) is 0 Å². The van der Waals surface area contributed by atoms with E-state index >= 15 is 0 Å². The van der Waals surface area contributed by atoms with E-state index in [-0.39, 0.29) is 17.4 Å². The first-order valence-corrected chi connectivity index (χ1v) is 5.61. The standard InChI is InChI=1S/C11H8Cl2N4O/c12-7-2-1-6(3-8(7)13)18-10-5-16-9(4-17-10)11(14)15/h1-5H,(H3,14,15). The largest absolute Gasteiger partial charge is 0.437 e. The number of nitrogens with two attached hydrogens (primary N) is 1. The molecular weight excluding hydrogens is 275 g/mol. The van der Waals surface area contributed by atoms with Crippen LogP contribution < -0.4 is 10.5 Å². The highest BCUT2D eigenvalue weighted by Gasteiger charge is 2.04. The molecule has 0 bridgehead atoms. The molecule has 7 heteroatoms. The minimum atomic E-state index is -0.149. The Balaban J connectivity index is 2.18. The van der Waals surface area contributed by atoms with Crippen LogP contribution in [0, 0.1) is 5.41 Å². The number of hydrogen-bond donors (Lipinski definition) is 2. The molecule has 92 valence electrons. The van der Waals surface area contributed by atoms with Crippen LogP contribution in [0.2, 0.25) is 10.0 Å². The number of amidine groups is 1. The lowest BCUT2D eigenvalue weighted by atomic mass is 10.3. The Hall–Kier alpha value is -1.85.